The summed E-state index contributed by atoms with van der Waals surface area (Å²) in [6.07, 6.45) is 0. The molecule has 0 unspecified atom stereocenters. The molecule has 3 aromatic rings. The minimum absolute atomic E-state index is 0.112. The lowest BCUT2D eigenvalue weighted by molar-refractivity contribution is -0.127. The second kappa shape index (κ2) is 7.31. The molecular formula is C18H22N4O2S. The van der Waals surface area contributed by atoms with Crippen molar-refractivity contribution >= 4 is 34.2 Å². The van der Waals surface area contributed by atoms with Gasteiger partial charge >= 0.3 is 0 Å². The zero-order chi connectivity index (χ0) is 18.0. The van der Waals surface area contributed by atoms with Crippen molar-refractivity contribution in [2.45, 2.75) is 25.9 Å². The predicted octanol–water partition coefficient (Wildman–Crippen LogP) is 3.16. The normalized spacial score (nSPS) is 11.2. The molecule has 0 aliphatic rings. The molecule has 0 fully saturated rings. The first kappa shape index (κ1) is 17.5. The van der Waals surface area contributed by atoms with Crippen molar-refractivity contribution in [2.75, 3.05) is 26.0 Å². The molecule has 6 nitrogen and oxygen atoms in total. The Hall–Kier alpha value is -2.28. The van der Waals surface area contributed by atoms with Crippen molar-refractivity contribution in [1.29, 1.82) is 0 Å². The molecule has 0 bridgehead atoms. The topological polar surface area (TPSA) is 59.7 Å². The van der Waals surface area contributed by atoms with Crippen LogP contribution in [0.5, 0.6) is 5.75 Å². The predicted molar refractivity (Wildman–Crippen MR) is 100 cm³/mol. The lowest BCUT2D eigenvalue weighted by atomic mass is 10.1. The standard InChI is InChI=1S/C18H22N4O2S/c1-5-21(6-2)17(23)11-25-18-20-19-16-9-12(3)14-8-7-13(24-4)10-15(14)22(16)18/h7-10H,5-6,11H2,1-4H3. The van der Waals surface area contributed by atoms with Gasteiger partial charge in [0.05, 0.1) is 18.4 Å². The number of methoxy groups -OCH3 is 1. The highest BCUT2D eigenvalue weighted by Crippen LogP contribution is 2.28. The van der Waals surface area contributed by atoms with Gasteiger partial charge in [0.2, 0.25) is 5.91 Å². The number of amides is 1. The van der Waals surface area contributed by atoms with Crippen LogP contribution in [-0.2, 0) is 4.79 Å². The fourth-order valence-electron chi connectivity index (χ4n) is 2.92. The van der Waals surface area contributed by atoms with Gasteiger partial charge in [-0.25, -0.2) is 0 Å². The molecule has 2 aromatic heterocycles. The Morgan fingerprint density at radius 3 is 2.68 bits per heavy atom. The smallest absolute Gasteiger partial charge is 0.233 e. The first-order valence-electron chi connectivity index (χ1n) is 8.32. The SMILES string of the molecule is CCN(CC)C(=O)CSc1nnc2cc(C)c3ccc(OC)cc3n12. The Morgan fingerprint density at radius 2 is 2.00 bits per heavy atom. The molecule has 0 N–H and O–H groups in total. The lowest BCUT2D eigenvalue weighted by Crippen LogP contribution is -2.31. The molecule has 0 spiro atoms. The lowest BCUT2D eigenvalue weighted by Gasteiger charge is -2.17. The molecular weight excluding hydrogens is 336 g/mol. The van der Waals surface area contributed by atoms with Gasteiger partial charge < -0.3 is 9.64 Å². The summed E-state index contributed by atoms with van der Waals surface area (Å²) in [7, 11) is 1.65. The van der Waals surface area contributed by atoms with Gasteiger partial charge in [0, 0.05) is 24.5 Å². The van der Waals surface area contributed by atoms with Crippen molar-refractivity contribution < 1.29 is 9.53 Å². The Labute approximate surface area is 151 Å². The van der Waals surface area contributed by atoms with Gasteiger partial charge in [-0.1, -0.05) is 11.8 Å². The number of rotatable bonds is 6. The van der Waals surface area contributed by atoms with E-state index in [0.29, 0.717) is 10.9 Å². The van der Waals surface area contributed by atoms with Gasteiger partial charge in [0.25, 0.3) is 0 Å². The van der Waals surface area contributed by atoms with E-state index >= 15 is 0 Å². The highest BCUT2D eigenvalue weighted by atomic mass is 32.2. The minimum atomic E-state index is 0.112. The Bertz CT molecular complexity index is 918. The number of carbonyl (C=O) groups is 1. The van der Waals surface area contributed by atoms with E-state index in [-0.39, 0.29) is 5.91 Å². The number of hydrogen-bond acceptors (Lipinski definition) is 5. The Morgan fingerprint density at radius 1 is 1.24 bits per heavy atom. The summed E-state index contributed by atoms with van der Waals surface area (Å²) in [5.41, 5.74) is 2.89. The fourth-order valence-corrected chi connectivity index (χ4v) is 3.77. The average Bonchev–Trinajstić information content (AvgIpc) is 3.03. The number of nitrogens with zero attached hydrogens (tertiary/aromatic N) is 4. The van der Waals surface area contributed by atoms with Gasteiger partial charge in [-0.15, -0.1) is 10.2 Å². The van der Waals surface area contributed by atoms with E-state index in [4.69, 9.17) is 4.74 Å². The van der Waals surface area contributed by atoms with Crippen molar-refractivity contribution in [1.82, 2.24) is 19.5 Å². The molecule has 3 rings (SSSR count). The number of carbonyl (C=O) groups excluding carboxylic acids is 1. The summed E-state index contributed by atoms with van der Waals surface area (Å²) in [6.45, 7) is 7.47. The van der Waals surface area contributed by atoms with E-state index in [1.54, 1.807) is 7.11 Å². The van der Waals surface area contributed by atoms with E-state index in [1.165, 1.54) is 11.8 Å². The number of benzene rings is 1. The molecule has 7 heteroatoms. The summed E-state index contributed by atoms with van der Waals surface area (Å²) in [5.74, 6) is 1.24. The van der Waals surface area contributed by atoms with Crippen LogP contribution in [0.2, 0.25) is 0 Å². The minimum Gasteiger partial charge on any atom is -0.497 e. The molecule has 0 saturated heterocycles. The van der Waals surface area contributed by atoms with Crippen LogP contribution in [-0.4, -0.2) is 51.4 Å². The van der Waals surface area contributed by atoms with Crippen LogP contribution in [0.1, 0.15) is 19.4 Å². The molecule has 0 aliphatic carbocycles. The monoisotopic (exact) mass is 358 g/mol. The van der Waals surface area contributed by atoms with Gasteiger partial charge in [-0.05, 0) is 44.5 Å². The number of pyridine rings is 1. The summed E-state index contributed by atoms with van der Waals surface area (Å²) >= 11 is 1.42. The molecule has 0 radical (unpaired) electrons. The third kappa shape index (κ3) is 3.28. The number of ether oxygens (including phenoxy) is 1. The van der Waals surface area contributed by atoms with Crippen LogP contribution in [0, 0.1) is 6.92 Å². The molecule has 1 amide bonds. The number of aryl methyl sites for hydroxylation is 1. The number of aromatic nitrogens is 3. The van der Waals surface area contributed by atoms with Crippen LogP contribution in [0.4, 0.5) is 0 Å². The Balaban J connectivity index is 2.02. The van der Waals surface area contributed by atoms with Crippen molar-refractivity contribution in [2.24, 2.45) is 0 Å². The van der Waals surface area contributed by atoms with Gasteiger partial charge in [0.15, 0.2) is 10.8 Å². The maximum atomic E-state index is 12.3. The average molecular weight is 358 g/mol. The second-order valence-corrected chi connectivity index (χ2v) is 6.68. The summed E-state index contributed by atoms with van der Waals surface area (Å²) in [6, 6.07) is 7.98. The molecule has 132 valence electrons. The Kier molecular flexibility index (Phi) is 5.13. The van der Waals surface area contributed by atoms with Crippen LogP contribution >= 0.6 is 11.8 Å². The number of hydrogen-bond donors (Lipinski definition) is 0. The third-order valence-electron chi connectivity index (χ3n) is 4.32. The van der Waals surface area contributed by atoms with Crippen LogP contribution in [0.15, 0.2) is 29.4 Å². The third-order valence-corrected chi connectivity index (χ3v) is 5.23. The molecule has 0 aliphatic heterocycles. The van der Waals surface area contributed by atoms with E-state index in [9.17, 15) is 4.79 Å². The van der Waals surface area contributed by atoms with Crippen LogP contribution in [0.25, 0.3) is 16.6 Å². The zero-order valence-electron chi connectivity index (χ0n) is 14.9. The van der Waals surface area contributed by atoms with Crippen molar-refractivity contribution in [3.8, 4) is 5.75 Å². The van der Waals surface area contributed by atoms with Gasteiger partial charge in [-0.2, -0.15) is 0 Å². The summed E-state index contributed by atoms with van der Waals surface area (Å²) in [4.78, 5) is 14.1. The second-order valence-electron chi connectivity index (χ2n) is 5.74. The first-order chi connectivity index (χ1) is 12.1. The molecule has 0 atom stereocenters. The zero-order valence-corrected chi connectivity index (χ0v) is 15.8. The van der Waals surface area contributed by atoms with Crippen molar-refractivity contribution in [3.63, 3.8) is 0 Å². The molecule has 2 heterocycles. The molecule has 0 saturated carbocycles. The maximum absolute atomic E-state index is 12.3. The van der Waals surface area contributed by atoms with Gasteiger partial charge in [-0.3, -0.25) is 9.20 Å². The van der Waals surface area contributed by atoms with E-state index < -0.39 is 0 Å². The maximum Gasteiger partial charge on any atom is 0.233 e. The van der Waals surface area contributed by atoms with Gasteiger partial charge in [0.1, 0.15) is 5.75 Å². The fraction of sp³-hybridized carbons (Fsp3) is 0.389. The molecule has 1 aromatic carbocycles. The number of thioether (sulfide) groups is 1. The largest absolute Gasteiger partial charge is 0.497 e. The van der Waals surface area contributed by atoms with Crippen molar-refractivity contribution in [3.05, 3.63) is 29.8 Å². The summed E-state index contributed by atoms with van der Waals surface area (Å²) in [5, 5.41) is 10.4. The van der Waals surface area contributed by atoms with Crippen LogP contribution in [0.3, 0.4) is 0 Å². The summed E-state index contributed by atoms with van der Waals surface area (Å²) < 4.78 is 7.36. The van der Waals surface area contributed by atoms with E-state index in [1.807, 2.05) is 47.4 Å². The first-order valence-corrected chi connectivity index (χ1v) is 9.30. The quantitative estimate of drug-likeness (QED) is 0.634. The highest BCUT2D eigenvalue weighted by molar-refractivity contribution is 7.99. The van der Waals surface area contributed by atoms with E-state index in [2.05, 4.69) is 17.1 Å². The number of fused-ring (bicyclic) bond motifs is 3. The van der Waals surface area contributed by atoms with Crippen LogP contribution < -0.4 is 4.74 Å². The highest BCUT2D eigenvalue weighted by Gasteiger charge is 2.15. The van der Waals surface area contributed by atoms with E-state index in [0.717, 1.165) is 41.0 Å². The molecule has 25 heavy (non-hydrogen) atoms.